The number of carbonyl (C=O) groups excluding carboxylic acids is 1. The van der Waals surface area contributed by atoms with Gasteiger partial charge in [-0.1, -0.05) is 0 Å². The number of methoxy groups -OCH3 is 2. The molecule has 0 aliphatic heterocycles. The molecule has 0 radical (unpaired) electrons. The van der Waals surface area contributed by atoms with Crippen molar-refractivity contribution in [1.29, 1.82) is 0 Å². The Morgan fingerprint density at radius 2 is 1.33 bits per heavy atom. The second kappa shape index (κ2) is 18.7. The lowest BCUT2D eigenvalue weighted by Gasteiger charge is -2.00. The summed E-state index contributed by atoms with van der Waals surface area (Å²) < 4.78 is 24.1. The van der Waals surface area contributed by atoms with Gasteiger partial charge in [0.2, 0.25) is 0 Å². The molecule has 0 saturated carbocycles. The van der Waals surface area contributed by atoms with E-state index >= 15 is 0 Å². The van der Waals surface area contributed by atoms with Gasteiger partial charge < -0.3 is 23.7 Å². The fourth-order valence-electron chi connectivity index (χ4n) is 0.775. The molecule has 0 amide bonds. The van der Waals surface area contributed by atoms with Crippen LogP contribution >= 0.6 is 0 Å². The van der Waals surface area contributed by atoms with Gasteiger partial charge in [-0.05, 0) is 6.92 Å². The maximum absolute atomic E-state index is 10.1. The molecule has 0 bridgehead atoms. The van der Waals surface area contributed by atoms with Gasteiger partial charge in [0.1, 0.15) is 6.61 Å². The Morgan fingerprint density at radius 1 is 0.833 bits per heavy atom. The van der Waals surface area contributed by atoms with Crippen molar-refractivity contribution >= 4 is 5.97 Å². The highest BCUT2D eigenvalue weighted by molar-refractivity contribution is 5.65. The molecule has 0 aliphatic rings. The van der Waals surface area contributed by atoms with Crippen LogP contribution in [-0.2, 0) is 28.5 Å². The summed E-state index contributed by atoms with van der Waals surface area (Å²) in [6, 6.07) is 0. The molecule has 18 heavy (non-hydrogen) atoms. The number of ether oxygens (including phenoxy) is 5. The summed E-state index contributed by atoms with van der Waals surface area (Å²) in [4.78, 5) is 10.1. The first-order valence-electron chi connectivity index (χ1n) is 5.95. The largest absolute Gasteiger partial charge is 0.463 e. The number of carbonyl (C=O) groups is 1. The average Bonchev–Trinajstić information content (AvgIpc) is 2.35. The van der Waals surface area contributed by atoms with Gasteiger partial charge in [-0.2, -0.15) is 0 Å². The predicted molar refractivity (Wildman–Crippen MR) is 67.7 cm³/mol. The van der Waals surface area contributed by atoms with Crippen LogP contribution in [0.15, 0.2) is 0 Å². The van der Waals surface area contributed by atoms with E-state index < -0.39 is 0 Å². The van der Waals surface area contributed by atoms with E-state index in [0.29, 0.717) is 46.2 Å². The van der Waals surface area contributed by atoms with Crippen LogP contribution in [0, 0.1) is 0 Å². The zero-order valence-corrected chi connectivity index (χ0v) is 11.9. The molecule has 0 unspecified atom stereocenters. The highest BCUT2D eigenvalue weighted by Crippen LogP contribution is 1.77. The highest BCUT2D eigenvalue weighted by Gasteiger charge is 1.89. The third kappa shape index (κ3) is 24.5. The molecule has 0 aromatic rings. The summed E-state index contributed by atoms with van der Waals surface area (Å²) in [5.41, 5.74) is 0. The van der Waals surface area contributed by atoms with Crippen LogP contribution in [0.3, 0.4) is 0 Å². The minimum atomic E-state index is -0.255. The van der Waals surface area contributed by atoms with Crippen LogP contribution in [0.2, 0.25) is 0 Å². The van der Waals surface area contributed by atoms with Gasteiger partial charge in [-0.3, -0.25) is 4.79 Å². The molecule has 0 aromatic heterocycles. The Labute approximate surface area is 109 Å². The van der Waals surface area contributed by atoms with Crippen LogP contribution in [0.25, 0.3) is 0 Å². The van der Waals surface area contributed by atoms with Crippen LogP contribution in [0.5, 0.6) is 0 Å². The van der Waals surface area contributed by atoms with Crippen LogP contribution in [0.4, 0.5) is 0 Å². The van der Waals surface area contributed by atoms with Gasteiger partial charge in [-0.25, -0.2) is 0 Å². The second-order valence-electron chi connectivity index (χ2n) is 3.13. The zero-order chi connectivity index (χ0) is 14.1. The fraction of sp³-hybridized carbons (Fsp3) is 0.917. The van der Waals surface area contributed by atoms with Crippen molar-refractivity contribution in [3.63, 3.8) is 0 Å². The molecule has 0 atom stereocenters. The van der Waals surface area contributed by atoms with E-state index in [2.05, 4.69) is 4.74 Å². The van der Waals surface area contributed by atoms with Crippen molar-refractivity contribution in [2.45, 2.75) is 13.8 Å². The smallest absolute Gasteiger partial charge is 0.302 e. The first-order chi connectivity index (χ1) is 8.68. The summed E-state index contributed by atoms with van der Waals surface area (Å²) in [7, 11) is 3.30. The molecule has 6 heteroatoms. The van der Waals surface area contributed by atoms with Gasteiger partial charge in [-0.15, -0.1) is 0 Å². The number of hydrogen-bond donors (Lipinski definition) is 0. The normalized spacial score (nSPS) is 9.56. The molecule has 0 aromatic carbocycles. The van der Waals surface area contributed by atoms with E-state index in [4.69, 9.17) is 18.9 Å². The molecule has 0 saturated heterocycles. The molecule has 0 aliphatic carbocycles. The van der Waals surface area contributed by atoms with E-state index in [1.54, 1.807) is 14.2 Å². The fourth-order valence-corrected chi connectivity index (χ4v) is 0.775. The summed E-state index contributed by atoms with van der Waals surface area (Å²) in [5, 5.41) is 0. The van der Waals surface area contributed by atoms with Crippen LogP contribution < -0.4 is 0 Å². The lowest BCUT2D eigenvalue weighted by Crippen LogP contribution is -2.06. The first-order valence-corrected chi connectivity index (χ1v) is 5.95. The van der Waals surface area contributed by atoms with Crippen molar-refractivity contribution in [2.24, 2.45) is 0 Å². The third-order valence-corrected chi connectivity index (χ3v) is 1.60. The third-order valence-electron chi connectivity index (χ3n) is 1.60. The highest BCUT2D eigenvalue weighted by atomic mass is 16.6. The van der Waals surface area contributed by atoms with Gasteiger partial charge in [0.25, 0.3) is 0 Å². The Bertz CT molecular complexity index is 157. The van der Waals surface area contributed by atoms with Crippen molar-refractivity contribution in [3.8, 4) is 0 Å². The molecule has 0 fully saturated rings. The van der Waals surface area contributed by atoms with Gasteiger partial charge in [0, 0.05) is 27.8 Å². The van der Waals surface area contributed by atoms with E-state index in [-0.39, 0.29) is 5.97 Å². The van der Waals surface area contributed by atoms with Crippen molar-refractivity contribution in [2.75, 3.05) is 60.5 Å². The van der Waals surface area contributed by atoms with Crippen molar-refractivity contribution < 1.29 is 28.5 Å². The SMILES string of the molecule is CCOCCOC(C)=O.COCCOCCOC. The second-order valence-corrected chi connectivity index (χ2v) is 3.13. The van der Waals surface area contributed by atoms with Crippen LogP contribution in [0.1, 0.15) is 13.8 Å². The number of rotatable bonds is 10. The topological polar surface area (TPSA) is 63.2 Å². The maximum atomic E-state index is 10.1. The Morgan fingerprint density at radius 3 is 1.72 bits per heavy atom. The van der Waals surface area contributed by atoms with Crippen molar-refractivity contribution in [3.05, 3.63) is 0 Å². The summed E-state index contributed by atoms with van der Waals surface area (Å²) in [6.07, 6.45) is 0. The zero-order valence-electron chi connectivity index (χ0n) is 11.9. The van der Waals surface area contributed by atoms with E-state index in [9.17, 15) is 4.79 Å². The molecular formula is C12H26O6. The standard InChI is InChI=1S/C6H14O3.C6H12O3/c1-7-3-5-9-6-4-8-2;1-3-8-4-5-9-6(2)7/h3-6H2,1-2H3;3-5H2,1-2H3. The minimum Gasteiger partial charge on any atom is -0.463 e. The first kappa shape index (κ1) is 19.6. The Kier molecular flexibility index (Phi) is 20.4. The quantitative estimate of drug-likeness (QED) is 0.432. The molecule has 0 heterocycles. The van der Waals surface area contributed by atoms with Gasteiger partial charge in [0.05, 0.1) is 33.0 Å². The van der Waals surface area contributed by atoms with Crippen LogP contribution in [-0.4, -0.2) is 66.4 Å². The average molecular weight is 266 g/mol. The lowest BCUT2D eigenvalue weighted by molar-refractivity contribution is -0.142. The molecular weight excluding hydrogens is 240 g/mol. The molecule has 0 rings (SSSR count). The van der Waals surface area contributed by atoms with Gasteiger partial charge in [0.15, 0.2) is 0 Å². The summed E-state index contributed by atoms with van der Waals surface area (Å²) in [6.45, 7) is 7.42. The molecule has 6 nitrogen and oxygen atoms in total. The van der Waals surface area contributed by atoms with Crippen molar-refractivity contribution in [1.82, 2.24) is 0 Å². The van der Waals surface area contributed by atoms with E-state index in [1.807, 2.05) is 6.92 Å². The Hall–Kier alpha value is -0.690. The summed E-state index contributed by atoms with van der Waals surface area (Å²) in [5.74, 6) is -0.255. The monoisotopic (exact) mass is 266 g/mol. The summed E-state index contributed by atoms with van der Waals surface area (Å²) >= 11 is 0. The van der Waals surface area contributed by atoms with E-state index in [0.717, 1.165) is 0 Å². The number of hydrogen-bond acceptors (Lipinski definition) is 6. The predicted octanol–water partition coefficient (Wildman–Crippen LogP) is 0.882. The minimum absolute atomic E-state index is 0.255. The molecule has 0 spiro atoms. The maximum Gasteiger partial charge on any atom is 0.302 e. The molecule has 110 valence electrons. The molecule has 0 N–H and O–H groups in total. The van der Waals surface area contributed by atoms with Gasteiger partial charge >= 0.3 is 5.97 Å². The van der Waals surface area contributed by atoms with E-state index in [1.165, 1.54) is 6.92 Å². The lowest BCUT2D eigenvalue weighted by atomic mass is 10.7. The Balaban J connectivity index is 0. The number of esters is 1.